The largest absolute Gasteiger partial charge is 0.395 e. The van der Waals surface area contributed by atoms with Crippen molar-refractivity contribution in [3.05, 3.63) is 30.1 Å². The van der Waals surface area contributed by atoms with Gasteiger partial charge in [-0.2, -0.15) is 0 Å². The number of aliphatic hydroxyl groups excluding tert-OH is 1. The fourth-order valence-corrected chi connectivity index (χ4v) is 2.49. The molecule has 0 aromatic heterocycles. The zero-order chi connectivity index (χ0) is 12.9. The summed E-state index contributed by atoms with van der Waals surface area (Å²) in [5.74, 6) is -0.639. The Bertz CT molecular complexity index is 463. The SMILES string of the molecule is COCC(CO)NS(=O)(=O)c1cccc(F)c1. The molecule has 17 heavy (non-hydrogen) atoms. The molecule has 1 unspecified atom stereocenters. The highest BCUT2D eigenvalue weighted by atomic mass is 32.2. The molecule has 5 nitrogen and oxygen atoms in total. The van der Waals surface area contributed by atoms with Gasteiger partial charge >= 0.3 is 0 Å². The maximum absolute atomic E-state index is 12.9. The Labute approximate surface area is 99.3 Å². The number of rotatable bonds is 6. The van der Waals surface area contributed by atoms with Gasteiger partial charge in [0.25, 0.3) is 0 Å². The topological polar surface area (TPSA) is 75.6 Å². The van der Waals surface area contributed by atoms with Gasteiger partial charge < -0.3 is 9.84 Å². The van der Waals surface area contributed by atoms with E-state index in [1.54, 1.807) is 0 Å². The van der Waals surface area contributed by atoms with E-state index in [-0.39, 0.29) is 11.5 Å². The van der Waals surface area contributed by atoms with E-state index in [1.165, 1.54) is 19.2 Å². The third kappa shape index (κ3) is 4.04. The van der Waals surface area contributed by atoms with E-state index in [2.05, 4.69) is 4.72 Å². The van der Waals surface area contributed by atoms with Gasteiger partial charge in [0.2, 0.25) is 10.0 Å². The van der Waals surface area contributed by atoms with Crippen LogP contribution in [0.1, 0.15) is 0 Å². The first-order valence-electron chi connectivity index (χ1n) is 4.87. The minimum atomic E-state index is -3.85. The molecule has 2 N–H and O–H groups in total. The van der Waals surface area contributed by atoms with Gasteiger partial charge in [0, 0.05) is 7.11 Å². The van der Waals surface area contributed by atoms with Crippen molar-refractivity contribution in [3.63, 3.8) is 0 Å². The summed E-state index contributed by atoms with van der Waals surface area (Å²) in [7, 11) is -2.46. The third-order valence-corrected chi connectivity index (χ3v) is 3.53. The highest BCUT2D eigenvalue weighted by molar-refractivity contribution is 7.89. The Balaban J connectivity index is 2.88. The van der Waals surface area contributed by atoms with Crippen LogP contribution in [0.25, 0.3) is 0 Å². The minimum absolute atomic E-state index is 0.0328. The maximum atomic E-state index is 12.9. The van der Waals surface area contributed by atoms with E-state index in [4.69, 9.17) is 9.84 Å². The quantitative estimate of drug-likeness (QED) is 0.764. The van der Waals surface area contributed by atoms with Gasteiger partial charge in [-0.3, -0.25) is 0 Å². The molecule has 7 heteroatoms. The molecule has 0 aliphatic carbocycles. The van der Waals surface area contributed by atoms with Crippen molar-refractivity contribution in [2.75, 3.05) is 20.3 Å². The Kier molecular flexibility index (Phi) is 5.01. The van der Waals surface area contributed by atoms with Crippen LogP contribution in [0.15, 0.2) is 29.2 Å². The van der Waals surface area contributed by atoms with Gasteiger partial charge in [-0.1, -0.05) is 6.07 Å². The lowest BCUT2D eigenvalue weighted by molar-refractivity contribution is 0.139. The number of aliphatic hydroxyl groups is 1. The van der Waals surface area contributed by atoms with Crippen molar-refractivity contribution in [1.29, 1.82) is 0 Å². The average molecular weight is 263 g/mol. The molecule has 0 amide bonds. The van der Waals surface area contributed by atoms with Gasteiger partial charge in [0.15, 0.2) is 0 Å². The van der Waals surface area contributed by atoms with Crippen LogP contribution in [0.2, 0.25) is 0 Å². The van der Waals surface area contributed by atoms with Crippen LogP contribution < -0.4 is 4.72 Å². The Morgan fingerprint density at radius 1 is 1.53 bits per heavy atom. The molecule has 1 rings (SSSR count). The number of halogens is 1. The number of hydrogen-bond donors (Lipinski definition) is 2. The van der Waals surface area contributed by atoms with Gasteiger partial charge in [0.1, 0.15) is 5.82 Å². The standard InChI is InChI=1S/C10H14FNO4S/c1-16-7-9(6-13)12-17(14,15)10-4-2-3-8(11)5-10/h2-5,9,12-13H,6-7H2,1H3. The Morgan fingerprint density at radius 3 is 2.76 bits per heavy atom. The van der Waals surface area contributed by atoms with Crippen LogP contribution in [-0.4, -0.2) is 39.9 Å². The number of hydrogen-bond acceptors (Lipinski definition) is 4. The normalized spacial score (nSPS) is 13.6. The van der Waals surface area contributed by atoms with Gasteiger partial charge in [-0.15, -0.1) is 0 Å². The van der Waals surface area contributed by atoms with Crippen LogP contribution >= 0.6 is 0 Å². The first kappa shape index (κ1) is 14.0. The monoisotopic (exact) mass is 263 g/mol. The van der Waals surface area contributed by atoms with Crippen LogP contribution in [-0.2, 0) is 14.8 Å². The lowest BCUT2D eigenvalue weighted by atomic mass is 10.3. The summed E-state index contributed by atoms with van der Waals surface area (Å²) >= 11 is 0. The van der Waals surface area contributed by atoms with Crippen molar-refractivity contribution in [2.24, 2.45) is 0 Å². The molecule has 96 valence electrons. The number of ether oxygens (including phenoxy) is 1. The molecule has 0 saturated carbocycles. The molecular formula is C10H14FNO4S. The summed E-state index contributed by atoms with van der Waals surface area (Å²) in [5.41, 5.74) is 0. The highest BCUT2D eigenvalue weighted by Gasteiger charge is 2.19. The second-order valence-electron chi connectivity index (χ2n) is 3.41. The molecule has 0 aliphatic heterocycles. The fourth-order valence-electron chi connectivity index (χ4n) is 1.25. The molecule has 0 bridgehead atoms. The summed E-state index contributed by atoms with van der Waals surface area (Å²) in [6, 6.07) is 3.87. The minimum Gasteiger partial charge on any atom is -0.395 e. The van der Waals surface area contributed by atoms with Gasteiger partial charge in [-0.25, -0.2) is 17.5 Å². The number of methoxy groups -OCH3 is 1. The van der Waals surface area contributed by atoms with E-state index in [0.29, 0.717) is 0 Å². The van der Waals surface area contributed by atoms with E-state index in [1.807, 2.05) is 0 Å². The Hall–Kier alpha value is -1.02. The molecule has 0 spiro atoms. The van der Waals surface area contributed by atoms with Gasteiger partial charge in [-0.05, 0) is 18.2 Å². The molecular weight excluding hydrogens is 249 g/mol. The van der Waals surface area contributed by atoms with Crippen molar-refractivity contribution >= 4 is 10.0 Å². The fraction of sp³-hybridized carbons (Fsp3) is 0.400. The van der Waals surface area contributed by atoms with Crippen molar-refractivity contribution in [3.8, 4) is 0 Å². The zero-order valence-electron chi connectivity index (χ0n) is 9.26. The molecule has 1 aromatic rings. The van der Waals surface area contributed by atoms with E-state index in [0.717, 1.165) is 12.1 Å². The number of sulfonamides is 1. The van der Waals surface area contributed by atoms with Crippen LogP contribution in [0.5, 0.6) is 0 Å². The third-order valence-electron chi connectivity index (χ3n) is 2.02. The molecule has 0 radical (unpaired) electrons. The smallest absolute Gasteiger partial charge is 0.241 e. The summed E-state index contributed by atoms with van der Waals surface area (Å²) in [6.45, 7) is -0.368. The lowest BCUT2D eigenvalue weighted by Crippen LogP contribution is -2.40. The molecule has 1 aromatic carbocycles. The first-order valence-corrected chi connectivity index (χ1v) is 6.35. The molecule has 1 atom stereocenters. The second-order valence-corrected chi connectivity index (χ2v) is 5.13. The number of nitrogens with one attached hydrogen (secondary N) is 1. The van der Waals surface area contributed by atoms with Crippen molar-refractivity contribution in [1.82, 2.24) is 4.72 Å². The molecule has 0 fully saturated rings. The van der Waals surface area contributed by atoms with Crippen molar-refractivity contribution < 1.29 is 22.7 Å². The van der Waals surface area contributed by atoms with Crippen LogP contribution in [0.4, 0.5) is 4.39 Å². The summed E-state index contributed by atoms with van der Waals surface area (Å²) < 4.78 is 43.4. The lowest BCUT2D eigenvalue weighted by Gasteiger charge is -2.15. The van der Waals surface area contributed by atoms with E-state index < -0.39 is 28.5 Å². The number of benzene rings is 1. The highest BCUT2D eigenvalue weighted by Crippen LogP contribution is 2.10. The van der Waals surface area contributed by atoms with Crippen molar-refractivity contribution in [2.45, 2.75) is 10.9 Å². The van der Waals surface area contributed by atoms with E-state index >= 15 is 0 Å². The molecule has 0 heterocycles. The summed E-state index contributed by atoms with van der Waals surface area (Å²) in [4.78, 5) is -0.188. The summed E-state index contributed by atoms with van der Waals surface area (Å²) in [5, 5.41) is 8.94. The molecule has 0 aliphatic rings. The zero-order valence-corrected chi connectivity index (χ0v) is 10.1. The maximum Gasteiger partial charge on any atom is 0.241 e. The predicted molar refractivity (Wildman–Crippen MR) is 59.5 cm³/mol. The van der Waals surface area contributed by atoms with Gasteiger partial charge in [0.05, 0.1) is 24.2 Å². The van der Waals surface area contributed by atoms with Crippen LogP contribution in [0.3, 0.4) is 0 Å². The van der Waals surface area contributed by atoms with E-state index in [9.17, 15) is 12.8 Å². The van der Waals surface area contributed by atoms with Crippen LogP contribution in [0, 0.1) is 5.82 Å². The first-order chi connectivity index (χ1) is 7.99. The Morgan fingerprint density at radius 2 is 2.24 bits per heavy atom. The molecule has 0 saturated heterocycles. The summed E-state index contributed by atoms with van der Waals surface area (Å²) in [6.07, 6.45) is 0. The average Bonchev–Trinajstić information content (AvgIpc) is 2.28. The predicted octanol–water partition coefficient (Wildman–Crippen LogP) is 0.111. The second kappa shape index (κ2) is 6.06.